The predicted octanol–water partition coefficient (Wildman–Crippen LogP) is 0.246. The highest BCUT2D eigenvalue weighted by Crippen LogP contribution is 2.37. The molecule has 0 aliphatic carbocycles. The number of aryl methyl sites for hydroxylation is 2. The number of rotatable bonds is 6. The first-order chi connectivity index (χ1) is 15.7. The number of hydrogen-bond donors (Lipinski definition) is 3. The molecule has 2 atom stereocenters. The van der Waals surface area contributed by atoms with Gasteiger partial charge in [-0.3, -0.25) is 14.5 Å². The van der Waals surface area contributed by atoms with Crippen LogP contribution >= 0.6 is 11.3 Å². The molecule has 1 saturated heterocycles. The average Bonchev–Trinajstić information content (AvgIpc) is 3.21. The summed E-state index contributed by atoms with van der Waals surface area (Å²) in [4.78, 5) is 48.1. The third kappa shape index (κ3) is 4.22. The van der Waals surface area contributed by atoms with Gasteiger partial charge in [-0.15, -0.1) is 11.3 Å². The monoisotopic (exact) mass is 488 g/mol. The van der Waals surface area contributed by atoms with Crippen LogP contribution in [0, 0.1) is 13.8 Å². The number of aliphatic carboxylic acids is 1. The fraction of sp³-hybridized carbons (Fsp3) is 0.333. The molecule has 2 aliphatic heterocycles. The van der Waals surface area contributed by atoms with Crippen molar-refractivity contribution in [1.29, 1.82) is 0 Å². The number of carbonyl (C=O) groups excluding carboxylic acids is 2. The molecule has 180 valence electrons. The van der Waals surface area contributed by atoms with E-state index in [1.165, 1.54) is 12.0 Å². The summed E-state index contributed by atoms with van der Waals surface area (Å²) in [5, 5.41) is 18.1. The van der Waals surface area contributed by atoms with Crippen LogP contribution in [0.1, 0.15) is 29.8 Å². The lowest BCUT2D eigenvalue weighted by Crippen LogP contribution is -2.72. The largest absolute Gasteiger partial charge is 0.870 e. The fourth-order valence-electron chi connectivity index (χ4n) is 4.15. The number of carboxylic acids is 1. The van der Waals surface area contributed by atoms with Crippen molar-refractivity contribution >= 4 is 45.7 Å². The summed E-state index contributed by atoms with van der Waals surface area (Å²) < 4.78 is 1.81. The fourth-order valence-corrected chi connectivity index (χ4v) is 4.70. The maximum Gasteiger partial charge on any atom is 0.359 e. The molecule has 5 N–H and O–H groups in total. The third-order valence-electron chi connectivity index (χ3n) is 5.65. The van der Waals surface area contributed by atoms with Crippen LogP contribution in [0.3, 0.4) is 0 Å². The molecule has 4 rings (SSSR count). The Morgan fingerprint density at radius 1 is 1.38 bits per heavy atom. The Labute approximate surface area is 198 Å². The molecular formula is C21H24N6O6S. The van der Waals surface area contributed by atoms with E-state index in [4.69, 9.17) is 10.6 Å². The Morgan fingerprint density at radius 3 is 2.74 bits per heavy atom. The molecule has 1 unspecified atom stereocenters. The van der Waals surface area contributed by atoms with Crippen LogP contribution in [0.4, 0.5) is 5.13 Å². The number of aromatic nitrogens is 2. The maximum atomic E-state index is 13.0. The van der Waals surface area contributed by atoms with Gasteiger partial charge in [0.1, 0.15) is 18.8 Å². The predicted molar refractivity (Wildman–Crippen MR) is 121 cm³/mol. The summed E-state index contributed by atoms with van der Waals surface area (Å²) in [6, 6.07) is 2.48. The van der Waals surface area contributed by atoms with E-state index in [9.17, 15) is 19.5 Å². The van der Waals surface area contributed by atoms with Crippen LogP contribution < -0.4 is 15.6 Å². The Hall–Kier alpha value is -3.84. The number of carbonyl (C=O) groups is 3. The van der Waals surface area contributed by atoms with Crippen LogP contribution in [-0.2, 0) is 19.2 Å². The van der Waals surface area contributed by atoms with Crippen molar-refractivity contribution in [2.24, 2.45) is 5.16 Å². The molecule has 2 aliphatic rings. The first-order valence-corrected chi connectivity index (χ1v) is 11.0. The van der Waals surface area contributed by atoms with Crippen molar-refractivity contribution in [2.45, 2.75) is 38.8 Å². The summed E-state index contributed by atoms with van der Waals surface area (Å²) in [6.45, 7) is 3.79. The lowest BCUT2D eigenvalue weighted by Gasteiger charge is -2.48. The Morgan fingerprint density at radius 2 is 2.12 bits per heavy atom. The van der Waals surface area contributed by atoms with E-state index in [0.717, 1.165) is 22.6 Å². The number of amides is 2. The van der Waals surface area contributed by atoms with E-state index >= 15 is 0 Å². The topological polar surface area (TPSA) is 181 Å². The Balaban J connectivity index is 0.00000324. The number of nitrogen functional groups attached to an aromatic ring is 1. The van der Waals surface area contributed by atoms with Gasteiger partial charge in [0.15, 0.2) is 28.4 Å². The van der Waals surface area contributed by atoms with E-state index < -0.39 is 29.9 Å². The number of hydrogen-bond acceptors (Lipinski definition) is 9. The van der Waals surface area contributed by atoms with Gasteiger partial charge in [0.05, 0.1) is 6.04 Å². The van der Waals surface area contributed by atoms with Gasteiger partial charge in [-0.1, -0.05) is 5.16 Å². The second kappa shape index (κ2) is 9.57. The van der Waals surface area contributed by atoms with Gasteiger partial charge in [0.25, 0.3) is 11.8 Å². The molecular weight excluding hydrogens is 464 g/mol. The summed E-state index contributed by atoms with van der Waals surface area (Å²) >= 11 is 1.14. The van der Waals surface area contributed by atoms with E-state index in [2.05, 4.69) is 15.5 Å². The van der Waals surface area contributed by atoms with Crippen molar-refractivity contribution in [3.8, 4) is 0 Å². The number of pyridine rings is 1. The minimum absolute atomic E-state index is 0. The number of nitrogens with zero attached hydrogens (tertiary/aromatic N) is 4. The van der Waals surface area contributed by atoms with Gasteiger partial charge in [-0.25, -0.2) is 9.78 Å². The maximum absolute atomic E-state index is 13.0. The Kier molecular flexibility index (Phi) is 6.98. The molecule has 13 heteroatoms. The molecule has 0 radical (unpaired) electrons. The lowest BCUT2D eigenvalue weighted by atomic mass is 9.85. The molecule has 2 aromatic heterocycles. The van der Waals surface area contributed by atoms with Gasteiger partial charge in [-0.05, 0) is 19.4 Å². The molecule has 2 aromatic rings. The van der Waals surface area contributed by atoms with Crippen molar-refractivity contribution in [2.75, 3.05) is 12.8 Å². The molecule has 0 saturated carbocycles. The quantitative estimate of drug-likeness (QED) is 0.224. The van der Waals surface area contributed by atoms with Crippen LogP contribution in [0.25, 0.3) is 5.70 Å². The van der Waals surface area contributed by atoms with E-state index in [0.29, 0.717) is 18.5 Å². The number of nitrogens with two attached hydrogens (primary N) is 1. The number of β-lactam (4-membered cyclic amide) rings is 1. The van der Waals surface area contributed by atoms with Gasteiger partial charge >= 0.3 is 5.97 Å². The van der Waals surface area contributed by atoms with Gasteiger partial charge in [0, 0.05) is 30.4 Å². The highest BCUT2D eigenvalue weighted by atomic mass is 32.1. The third-order valence-corrected chi connectivity index (χ3v) is 6.33. The highest BCUT2D eigenvalue weighted by Gasteiger charge is 2.55. The number of allylic oxidation sites excluding steroid dienone is 1. The lowest BCUT2D eigenvalue weighted by molar-refractivity contribution is -0.592. The van der Waals surface area contributed by atoms with Gasteiger partial charge in [0.2, 0.25) is 5.70 Å². The minimum atomic E-state index is -1.19. The first kappa shape index (κ1) is 24.8. The SMILES string of the molecule is CO/N=C(\C(=O)N[C@H]1C(=O)N2C(C(=O)O)=C([n+]3cc(C)ccc3C)CCC12)c1csc(N)n1.[OH-]. The summed E-state index contributed by atoms with van der Waals surface area (Å²) in [5.41, 5.74) is 8.04. The van der Waals surface area contributed by atoms with Crippen molar-refractivity contribution < 1.29 is 34.4 Å². The standard InChI is InChI=1S/C21H22N6O5S.H2O/c1-10-4-5-11(2)26(8-10)14-7-6-13-16(19(29)27(13)17(14)20(30)31)24-18(28)15(25-32-3)12-9-33-21(22)23-12;/h4-5,8-9,13,16H,6-7H2,1-3H3,(H3-,22,23,24,28,30,31);1H2/b25-15-;/t13?,16-;/m1./s1. The number of nitrogens with one attached hydrogen (secondary N) is 1. The summed E-state index contributed by atoms with van der Waals surface area (Å²) in [5.74, 6) is -2.35. The van der Waals surface area contributed by atoms with Crippen molar-refractivity contribution in [1.82, 2.24) is 15.2 Å². The zero-order chi connectivity index (χ0) is 23.9. The number of carboxylic acid groups (broad SMARTS) is 1. The molecule has 2 amide bonds. The summed E-state index contributed by atoms with van der Waals surface area (Å²) in [6.07, 6.45) is 2.77. The van der Waals surface area contributed by atoms with Crippen molar-refractivity contribution in [3.05, 3.63) is 46.4 Å². The zero-order valence-corrected chi connectivity index (χ0v) is 19.5. The first-order valence-electron chi connectivity index (χ1n) is 10.1. The number of fused-ring (bicyclic) bond motifs is 1. The van der Waals surface area contributed by atoms with E-state index in [1.807, 2.05) is 36.7 Å². The van der Waals surface area contributed by atoms with Crippen LogP contribution in [-0.4, -0.2) is 63.2 Å². The molecule has 34 heavy (non-hydrogen) atoms. The van der Waals surface area contributed by atoms with Gasteiger partial charge in [-0.2, -0.15) is 4.57 Å². The molecule has 1 fully saturated rings. The number of anilines is 1. The smallest absolute Gasteiger partial charge is 0.359 e. The van der Waals surface area contributed by atoms with Crippen LogP contribution in [0.5, 0.6) is 0 Å². The van der Waals surface area contributed by atoms with E-state index in [-0.39, 0.29) is 27.7 Å². The molecule has 12 nitrogen and oxygen atoms in total. The highest BCUT2D eigenvalue weighted by molar-refractivity contribution is 7.13. The number of thiazole rings is 1. The Bertz CT molecular complexity index is 1220. The van der Waals surface area contributed by atoms with Crippen molar-refractivity contribution in [3.63, 3.8) is 0 Å². The van der Waals surface area contributed by atoms with Crippen LogP contribution in [0.2, 0.25) is 0 Å². The molecule has 0 bridgehead atoms. The minimum Gasteiger partial charge on any atom is -0.870 e. The number of oxime groups is 1. The molecule has 0 aromatic carbocycles. The zero-order valence-electron chi connectivity index (χ0n) is 18.7. The van der Waals surface area contributed by atoms with Crippen LogP contribution in [0.15, 0.2) is 34.6 Å². The van der Waals surface area contributed by atoms with Gasteiger partial charge < -0.3 is 26.5 Å². The second-order valence-corrected chi connectivity index (χ2v) is 8.67. The molecule has 0 spiro atoms. The second-order valence-electron chi connectivity index (χ2n) is 7.78. The molecule has 4 heterocycles. The van der Waals surface area contributed by atoms with E-state index in [1.54, 1.807) is 5.38 Å². The normalized spacial score (nSPS) is 19.7. The summed E-state index contributed by atoms with van der Waals surface area (Å²) in [7, 11) is 1.29. The average molecular weight is 489 g/mol.